The molecule has 2 N–H and O–H groups in total. The molecule has 0 unspecified atom stereocenters. The molecule has 0 aliphatic rings. The highest BCUT2D eigenvalue weighted by Crippen LogP contribution is 2.34. The number of aryl methyl sites for hydroxylation is 2. The number of hydrogen-bond donors (Lipinski definition) is 2. The molecule has 0 radical (unpaired) electrons. The number of rotatable bonds is 6. The first-order valence-corrected chi connectivity index (χ1v) is 8.74. The Balaban J connectivity index is 1.96. The van der Waals surface area contributed by atoms with E-state index in [2.05, 4.69) is 27.5 Å². The number of aromatic nitrogens is 2. The number of nitrogens with zero attached hydrogens (tertiary/aromatic N) is 3. The lowest BCUT2D eigenvalue weighted by Crippen LogP contribution is -2.06. The third-order valence-electron chi connectivity index (χ3n) is 4.08. The first-order chi connectivity index (χ1) is 13.0. The van der Waals surface area contributed by atoms with Gasteiger partial charge in [-0.2, -0.15) is 0 Å². The molecule has 138 valence electrons. The number of hydrogen-bond acceptors (Lipinski definition) is 6. The van der Waals surface area contributed by atoms with Crippen LogP contribution in [0.2, 0.25) is 5.02 Å². The fourth-order valence-electron chi connectivity index (χ4n) is 2.55. The molecule has 0 spiro atoms. The average molecular weight is 384 g/mol. The van der Waals surface area contributed by atoms with Gasteiger partial charge in [0.2, 0.25) is 11.6 Å². The van der Waals surface area contributed by atoms with E-state index < -0.39 is 4.92 Å². The van der Waals surface area contributed by atoms with E-state index in [1.807, 2.05) is 37.3 Å². The van der Waals surface area contributed by atoms with Gasteiger partial charge in [0.1, 0.15) is 6.33 Å². The average Bonchev–Trinajstić information content (AvgIpc) is 2.65. The van der Waals surface area contributed by atoms with Crippen LogP contribution in [0.1, 0.15) is 18.1 Å². The van der Waals surface area contributed by atoms with Crippen LogP contribution < -0.4 is 10.6 Å². The minimum Gasteiger partial charge on any atom is -0.334 e. The van der Waals surface area contributed by atoms with Crippen LogP contribution in [-0.2, 0) is 6.42 Å². The van der Waals surface area contributed by atoms with Crippen LogP contribution in [0.15, 0.2) is 48.8 Å². The lowest BCUT2D eigenvalue weighted by atomic mass is 10.1. The summed E-state index contributed by atoms with van der Waals surface area (Å²) in [7, 11) is 0. The molecule has 1 aromatic heterocycles. The fraction of sp³-hybridized carbons (Fsp3) is 0.158. The van der Waals surface area contributed by atoms with Gasteiger partial charge in [-0.05, 0) is 48.7 Å². The highest BCUT2D eigenvalue weighted by atomic mass is 35.5. The number of nitro groups is 1. The number of halogens is 1. The third-order valence-corrected chi connectivity index (χ3v) is 4.32. The van der Waals surface area contributed by atoms with Crippen molar-refractivity contribution in [3.8, 4) is 0 Å². The maximum Gasteiger partial charge on any atom is 0.353 e. The number of anilines is 4. The summed E-state index contributed by atoms with van der Waals surface area (Å²) < 4.78 is 0. The topological polar surface area (TPSA) is 93.0 Å². The van der Waals surface area contributed by atoms with Crippen LogP contribution in [0, 0.1) is 17.0 Å². The summed E-state index contributed by atoms with van der Waals surface area (Å²) in [5, 5.41) is 18.2. The normalized spacial score (nSPS) is 10.5. The zero-order chi connectivity index (χ0) is 19.4. The van der Waals surface area contributed by atoms with E-state index in [9.17, 15) is 10.1 Å². The standard InChI is InChI=1S/C19H18ClN5O2/c1-3-13-5-8-15(9-6-13)23-18-17(25(26)27)19(22-11-21-18)24-16-10-14(20)7-4-12(16)2/h4-11H,3H2,1-2H3,(H2,21,22,23,24). The molecule has 7 nitrogen and oxygen atoms in total. The second-order valence-corrected chi connectivity index (χ2v) is 6.37. The van der Waals surface area contributed by atoms with Gasteiger partial charge in [0.15, 0.2) is 0 Å². The van der Waals surface area contributed by atoms with Crippen molar-refractivity contribution in [2.75, 3.05) is 10.6 Å². The van der Waals surface area contributed by atoms with Crippen LogP contribution >= 0.6 is 11.6 Å². The van der Waals surface area contributed by atoms with Crippen LogP contribution in [-0.4, -0.2) is 14.9 Å². The van der Waals surface area contributed by atoms with Crippen LogP contribution in [0.25, 0.3) is 0 Å². The molecule has 0 bridgehead atoms. The number of benzene rings is 2. The van der Waals surface area contributed by atoms with Gasteiger partial charge in [0.25, 0.3) is 0 Å². The summed E-state index contributed by atoms with van der Waals surface area (Å²) in [5.41, 5.74) is 3.17. The molecule has 1 heterocycles. The van der Waals surface area contributed by atoms with Gasteiger partial charge in [-0.15, -0.1) is 0 Å². The minimum atomic E-state index is -0.509. The minimum absolute atomic E-state index is 0.0908. The molecule has 0 fully saturated rings. The number of nitrogens with one attached hydrogen (secondary N) is 2. The van der Waals surface area contributed by atoms with Gasteiger partial charge in [-0.1, -0.05) is 36.7 Å². The van der Waals surface area contributed by atoms with Crippen molar-refractivity contribution >= 4 is 40.3 Å². The van der Waals surface area contributed by atoms with E-state index in [0.717, 1.165) is 12.0 Å². The summed E-state index contributed by atoms with van der Waals surface area (Å²) in [5.74, 6) is 0.203. The van der Waals surface area contributed by atoms with E-state index in [4.69, 9.17) is 11.6 Å². The van der Waals surface area contributed by atoms with Gasteiger partial charge >= 0.3 is 5.69 Å². The Morgan fingerprint density at radius 3 is 2.37 bits per heavy atom. The molecule has 3 aromatic rings. The third kappa shape index (κ3) is 4.32. The van der Waals surface area contributed by atoms with Crippen molar-refractivity contribution in [3.05, 3.63) is 75.1 Å². The zero-order valence-corrected chi connectivity index (χ0v) is 15.6. The zero-order valence-electron chi connectivity index (χ0n) is 14.9. The van der Waals surface area contributed by atoms with Crippen molar-refractivity contribution in [3.63, 3.8) is 0 Å². The first-order valence-electron chi connectivity index (χ1n) is 8.36. The van der Waals surface area contributed by atoms with Gasteiger partial charge in [0.05, 0.1) is 4.92 Å². The monoisotopic (exact) mass is 383 g/mol. The Bertz CT molecular complexity index is 976. The molecule has 8 heteroatoms. The lowest BCUT2D eigenvalue weighted by molar-refractivity contribution is -0.383. The van der Waals surface area contributed by atoms with E-state index in [1.165, 1.54) is 11.9 Å². The van der Waals surface area contributed by atoms with Gasteiger partial charge < -0.3 is 10.6 Å². The predicted molar refractivity (Wildman–Crippen MR) is 107 cm³/mol. The second-order valence-electron chi connectivity index (χ2n) is 5.94. The van der Waals surface area contributed by atoms with E-state index >= 15 is 0 Å². The largest absolute Gasteiger partial charge is 0.353 e. The van der Waals surface area contributed by atoms with E-state index in [1.54, 1.807) is 12.1 Å². The highest BCUT2D eigenvalue weighted by Gasteiger charge is 2.23. The Hall–Kier alpha value is -3.19. The summed E-state index contributed by atoms with van der Waals surface area (Å²) >= 11 is 6.03. The van der Waals surface area contributed by atoms with Crippen molar-refractivity contribution in [2.45, 2.75) is 20.3 Å². The second kappa shape index (κ2) is 8.01. The van der Waals surface area contributed by atoms with Crippen molar-refractivity contribution < 1.29 is 4.92 Å². The Kier molecular flexibility index (Phi) is 5.52. The Labute approximate surface area is 161 Å². The quantitative estimate of drug-likeness (QED) is 0.437. The molecule has 0 amide bonds. The van der Waals surface area contributed by atoms with Gasteiger partial charge in [0, 0.05) is 16.4 Å². The van der Waals surface area contributed by atoms with Crippen LogP contribution in [0.4, 0.5) is 28.7 Å². The van der Waals surface area contributed by atoms with Crippen molar-refractivity contribution in [1.82, 2.24) is 9.97 Å². The highest BCUT2D eigenvalue weighted by molar-refractivity contribution is 6.30. The molecule has 0 aliphatic heterocycles. The maximum atomic E-state index is 11.7. The van der Waals surface area contributed by atoms with Crippen LogP contribution in [0.3, 0.4) is 0 Å². The van der Waals surface area contributed by atoms with E-state index in [0.29, 0.717) is 16.4 Å². The predicted octanol–water partition coefficient (Wildman–Crippen LogP) is 5.40. The van der Waals surface area contributed by atoms with Gasteiger partial charge in [-0.25, -0.2) is 9.97 Å². The molecular weight excluding hydrogens is 366 g/mol. The summed E-state index contributed by atoms with van der Waals surface area (Å²) in [6, 6.07) is 12.9. The molecule has 0 saturated carbocycles. The SMILES string of the molecule is CCc1ccc(Nc2ncnc(Nc3cc(Cl)ccc3C)c2[N+](=O)[O-])cc1. The fourth-order valence-corrected chi connectivity index (χ4v) is 2.72. The van der Waals surface area contributed by atoms with Crippen LogP contribution in [0.5, 0.6) is 0 Å². The Morgan fingerprint density at radius 2 is 1.74 bits per heavy atom. The van der Waals surface area contributed by atoms with E-state index in [-0.39, 0.29) is 17.3 Å². The molecular formula is C19H18ClN5O2. The smallest absolute Gasteiger partial charge is 0.334 e. The molecule has 0 aliphatic carbocycles. The summed E-state index contributed by atoms with van der Waals surface area (Å²) in [6.45, 7) is 3.94. The molecule has 27 heavy (non-hydrogen) atoms. The molecule has 2 aromatic carbocycles. The maximum absolute atomic E-state index is 11.7. The van der Waals surface area contributed by atoms with Gasteiger partial charge in [-0.3, -0.25) is 10.1 Å². The Morgan fingerprint density at radius 1 is 1.07 bits per heavy atom. The molecule has 0 atom stereocenters. The summed E-state index contributed by atoms with van der Waals surface area (Å²) in [4.78, 5) is 19.3. The lowest BCUT2D eigenvalue weighted by Gasteiger charge is -2.12. The first kappa shape index (κ1) is 18.6. The van der Waals surface area contributed by atoms with Crippen molar-refractivity contribution in [2.24, 2.45) is 0 Å². The van der Waals surface area contributed by atoms with Crippen molar-refractivity contribution in [1.29, 1.82) is 0 Å². The molecule has 0 saturated heterocycles. The summed E-state index contributed by atoms with van der Waals surface area (Å²) in [6.07, 6.45) is 2.19. The molecule has 3 rings (SSSR count).